The number of fused-ring (bicyclic) bond motifs is 1. The highest BCUT2D eigenvalue weighted by Gasteiger charge is 2.34. The average molecular weight is 407 g/mol. The lowest BCUT2D eigenvalue weighted by molar-refractivity contribution is -0.925. The number of para-hydroxylation sites is 1. The van der Waals surface area contributed by atoms with E-state index in [0.717, 1.165) is 36.0 Å². The molecule has 0 radical (unpaired) electrons. The van der Waals surface area contributed by atoms with Gasteiger partial charge in [0.2, 0.25) is 10.8 Å². The van der Waals surface area contributed by atoms with Gasteiger partial charge >= 0.3 is 0 Å². The Morgan fingerprint density at radius 1 is 1.00 bits per heavy atom. The van der Waals surface area contributed by atoms with E-state index in [1.165, 1.54) is 16.2 Å². The molecule has 7 heteroatoms. The molecule has 5 rings (SSSR count). The zero-order chi connectivity index (χ0) is 19.8. The standard InChI is InChI=1S/C22H23N5OS/c1-16-23-22-27(24-16)21(28)20(29-22)19(17-8-4-2-5-9-17)26-14-12-25(13-15-26)18-10-6-3-7-11-18/h2-11,19,28H,12-15H2,1H3/p+1/t19-/m0/s1. The summed E-state index contributed by atoms with van der Waals surface area (Å²) in [5.41, 5.74) is 2.49. The molecule has 0 bridgehead atoms. The minimum atomic E-state index is 0.0722. The van der Waals surface area contributed by atoms with Crippen LogP contribution in [0.5, 0.6) is 5.88 Å². The number of nitrogens with one attached hydrogen (secondary N) is 1. The van der Waals surface area contributed by atoms with Crippen LogP contribution in [0, 0.1) is 6.92 Å². The van der Waals surface area contributed by atoms with Gasteiger partial charge in [-0.05, 0) is 19.1 Å². The molecule has 4 aromatic rings. The van der Waals surface area contributed by atoms with E-state index < -0.39 is 0 Å². The van der Waals surface area contributed by atoms with Crippen LogP contribution in [0.15, 0.2) is 60.7 Å². The van der Waals surface area contributed by atoms with Crippen molar-refractivity contribution < 1.29 is 10.0 Å². The zero-order valence-electron chi connectivity index (χ0n) is 16.3. The van der Waals surface area contributed by atoms with Gasteiger partial charge in [0.05, 0.1) is 26.2 Å². The highest BCUT2D eigenvalue weighted by Crippen LogP contribution is 2.35. The van der Waals surface area contributed by atoms with Crippen LogP contribution in [0.1, 0.15) is 22.3 Å². The third kappa shape index (κ3) is 3.36. The van der Waals surface area contributed by atoms with Gasteiger partial charge in [0.25, 0.3) is 0 Å². The van der Waals surface area contributed by atoms with Crippen LogP contribution in [-0.2, 0) is 0 Å². The van der Waals surface area contributed by atoms with Gasteiger partial charge in [-0.2, -0.15) is 4.52 Å². The number of hydrogen-bond acceptors (Lipinski definition) is 5. The second-order valence-electron chi connectivity index (χ2n) is 7.47. The molecular formula is C22H24N5OS+. The summed E-state index contributed by atoms with van der Waals surface area (Å²) < 4.78 is 1.57. The first-order chi connectivity index (χ1) is 14.2. The summed E-state index contributed by atoms with van der Waals surface area (Å²) in [4.78, 5) is 10.0. The van der Waals surface area contributed by atoms with Crippen LogP contribution in [-0.4, -0.2) is 45.9 Å². The van der Waals surface area contributed by atoms with Crippen molar-refractivity contribution in [3.63, 3.8) is 0 Å². The molecule has 6 nitrogen and oxygen atoms in total. The Morgan fingerprint density at radius 2 is 1.66 bits per heavy atom. The molecule has 0 amide bonds. The maximum Gasteiger partial charge on any atom is 0.235 e. The SMILES string of the molecule is Cc1nc2sc([C@H](c3ccccc3)[NH+]3CCN(c4ccccc4)CC3)c(O)n2n1. The summed E-state index contributed by atoms with van der Waals surface area (Å²) in [7, 11) is 0. The van der Waals surface area contributed by atoms with Gasteiger partial charge in [0, 0.05) is 11.3 Å². The molecule has 3 heterocycles. The van der Waals surface area contributed by atoms with Crippen molar-refractivity contribution in [1.29, 1.82) is 0 Å². The van der Waals surface area contributed by atoms with Gasteiger partial charge in [0.15, 0.2) is 6.04 Å². The number of aryl methyl sites for hydroxylation is 1. The van der Waals surface area contributed by atoms with E-state index in [0.29, 0.717) is 5.82 Å². The molecule has 1 atom stereocenters. The largest absolute Gasteiger partial charge is 0.492 e. The van der Waals surface area contributed by atoms with E-state index in [1.807, 2.05) is 13.0 Å². The van der Waals surface area contributed by atoms with Crippen LogP contribution in [0.3, 0.4) is 0 Å². The monoisotopic (exact) mass is 406 g/mol. The van der Waals surface area contributed by atoms with Gasteiger partial charge < -0.3 is 14.9 Å². The number of quaternary nitrogens is 1. The molecule has 29 heavy (non-hydrogen) atoms. The van der Waals surface area contributed by atoms with Crippen LogP contribution < -0.4 is 9.80 Å². The maximum atomic E-state index is 10.9. The summed E-state index contributed by atoms with van der Waals surface area (Å²) in [5, 5.41) is 15.3. The van der Waals surface area contributed by atoms with Crippen LogP contribution in [0.4, 0.5) is 5.69 Å². The van der Waals surface area contributed by atoms with Crippen LogP contribution >= 0.6 is 11.3 Å². The van der Waals surface area contributed by atoms with Gasteiger partial charge in [-0.15, -0.1) is 5.10 Å². The summed E-state index contributed by atoms with van der Waals surface area (Å²) in [6.45, 7) is 5.83. The minimum absolute atomic E-state index is 0.0722. The summed E-state index contributed by atoms with van der Waals surface area (Å²) in [6, 6.07) is 21.2. The van der Waals surface area contributed by atoms with Crippen molar-refractivity contribution in [3.05, 3.63) is 76.9 Å². The molecule has 1 aliphatic heterocycles. The molecule has 0 aliphatic carbocycles. The van der Waals surface area contributed by atoms with E-state index in [9.17, 15) is 5.11 Å². The fourth-order valence-electron chi connectivity index (χ4n) is 4.23. The molecule has 0 saturated carbocycles. The van der Waals surface area contributed by atoms with Crippen molar-refractivity contribution in [3.8, 4) is 5.88 Å². The second kappa shape index (κ2) is 7.50. The highest BCUT2D eigenvalue weighted by atomic mass is 32.1. The highest BCUT2D eigenvalue weighted by molar-refractivity contribution is 7.17. The Morgan fingerprint density at radius 3 is 2.31 bits per heavy atom. The number of nitrogens with zero attached hydrogens (tertiary/aromatic N) is 4. The number of aromatic hydroxyl groups is 1. The third-order valence-electron chi connectivity index (χ3n) is 5.64. The van der Waals surface area contributed by atoms with Crippen molar-refractivity contribution in [2.45, 2.75) is 13.0 Å². The lowest BCUT2D eigenvalue weighted by atomic mass is 10.0. The number of benzene rings is 2. The molecule has 0 spiro atoms. The number of hydrogen-bond donors (Lipinski definition) is 2. The van der Waals surface area contributed by atoms with Gasteiger partial charge in [0.1, 0.15) is 10.7 Å². The quantitative estimate of drug-likeness (QED) is 0.546. The molecule has 1 fully saturated rings. The van der Waals surface area contributed by atoms with Crippen molar-refractivity contribution in [2.75, 3.05) is 31.1 Å². The van der Waals surface area contributed by atoms with E-state index in [-0.39, 0.29) is 11.9 Å². The predicted octanol–water partition coefficient (Wildman–Crippen LogP) is 2.30. The summed E-state index contributed by atoms with van der Waals surface area (Å²) in [6.07, 6.45) is 0. The Balaban J connectivity index is 1.47. The van der Waals surface area contributed by atoms with Gasteiger partial charge in [-0.3, -0.25) is 0 Å². The Bertz CT molecular complexity index is 1100. The number of thiazole rings is 1. The number of anilines is 1. The lowest BCUT2D eigenvalue weighted by Gasteiger charge is -2.37. The van der Waals surface area contributed by atoms with Crippen molar-refractivity contribution in [1.82, 2.24) is 14.6 Å². The molecular weight excluding hydrogens is 382 g/mol. The maximum absolute atomic E-state index is 10.9. The van der Waals surface area contributed by atoms with Crippen molar-refractivity contribution >= 4 is 22.0 Å². The Labute approximate surface area is 173 Å². The van der Waals surface area contributed by atoms with Crippen LogP contribution in [0.2, 0.25) is 0 Å². The van der Waals surface area contributed by atoms with E-state index in [4.69, 9.17) is 0 Å². The molecule has 2 aromatic heterocycles. The topological polar surface area (TPSA) is 58.1 Å². The van der Waals surface area contributed by atoms with Crippen molar-refractivity contribution in [2.24, 2.45) is 0 Å². The summed E-state index contributed by atoms with van der Waals surface area (Å²) >= 11 is 1.54. The number of piperazine rings is 1. The fraction of sp³-hybridized carbons (Fsp3) is 0.273. The molecule has 2 aromatic carbocycles. The Hall–Kier alpha value is -2.90. The first kappa shape index (κ1) is 18.1. The normalized spacial score (nSPS) is 16.4. The third-order valence-corrected chi connectivity index (χ3v) is 6.72. The molecule has 1 aliphatic rings. The molecule has 0 unspecified atom stereocenters. The molecule has 148 valence electrons. The predicted molar refractivity (Wildman–Crippen MR) is 115 cm³/mol. The Kier molecular flexibility index (Phi) is 4.69. The van der Waals surface area contributed by atoms with Gasteiger partial charge in [-0.1, -0.05) is 59.9 Å². The molecule has 2 N–H and O–H groups in total. The van der Waals surface area contributed by atoms with E-state index >= 15 is 0 Å². The zero-order valence-corrected chi connectivity index (χ0v) is 17.1. The number of aromatic nitrogens is 3. The lowest BCUT2D eigenvalue weighted by Crippen LogP contribution is -3.15. The fourth-order valence-corrected chi connectivity index (χ4v) is 5.42. The van der Waals surface area contributed by atoms with Gasteiger partial charge in [-0.25, -0.2) is 4.98 Å². The summed E-state index contributed by atoms with van der Waals surface area (Å²) in [5.74, 6) is 0.899. The smallest absolute Gasteiger partial charge is 0.235 e. The van der Waals surface area contributed by atoms with E-state index in [1.54, 1.807) is 15.9 Å². The first-order valence-corrected chi connectivity index (χ1v) is 10.8. The number of rotatable bonds is 4. The second-order valence-corrected chi connectivity index (χ2v) is 8.48. The first-order valence-electron chi connectivity index (χ1n) is 9.95. The minimum Gasteiger partial charge on any atom is -0.492 e. The average Bonchev–Trinajstić information content (AvgIpc) is 3.27. The van der Waals surface area contributed by atoms with Crippen LogP contribution in [0.25, 0.3) is 4.96 Å². The molecule has 1 saturated heterocycles. The van der Waals surface area contributed by atoms with E-state index in [2.05, 4.69) is 69.6 Å².